The van der Waals surface area contributed by atoms with Gasteiger partial charge in [0.05, 0.1) is 31.3 Å². The van der Waals surface area contributed by atoms with E-state index in [9.17, 15) is 13.6 Å². The Hall–Kier alpha value is -2.94. The Labute approximate surface area is 195 Å². The fraction of sp³-hybridized carbons (Fsp3) is 0.520. The second-order valence-corrected chi connectivity index (χ2v) is 9.90. The topological polar surface area (TPSA) is 84.0 Å². The highest BCUT2D eigenvalue weighted by Crippen LogP contribution is 2.54. The Morgan fingerprint density at radius 1 is 1.12 bits per heavy atom. The molecule has 9 heteroatoms. The molecule has 34 heavy (non-hydrogen) atoms. The Morgan fingerprint density at radius 2 is 1.94 bits per heavy atom. The number of rotatable bonds is 5. The first kappa shape index (κ1) is 21.6. The molecule has 4 atom stereocenters. The number of hydrogen-bond acceptors (Lipinski definition) is 5. The zero-order chi connectivity index (χ0) is 23.2. The van der Waals surface area contributed by atoms with Crippen LogP contribution in [0.4, 0.5) is 8.78 Å². The van der Waals surface area contributed by atoms with Crippen molar-refractivity contribution in [3.8, 4) is 11.4 Å². The van der Waals surface area contributed by atoms with Gasteiger partial charge in [0.2, 0.25) is 5.91 Å². The van der Waals surface area contributed by atoms with Crippen molar-refractivity contribution in [2.75, 3.05) is 26.3 Å². The lowest BCUT2D eigenvalue weighted by Crippen LogP contribution is -2.42. The zero-order valence-electron chi connectivity index (χ0n) is 18.8. The molecule has 0 radical (unpaired) electrons. The molecular weight excluding hydrogens is 440 g/mol. The minimum absolute atomic E-state index is 0.218. The largest absolute Gasteiger partial charge is 0.378 e. The molecule has 7 nitrogen and oxygen atoms in total. The number of H-pyrrole nitrogens is 1. The fourth-order valence-electron chi connectivity index (χ4n) is 6.37. The minimum Gasteiger partial charge on any atom is -0.378 e. The third kappa shape index (κ3) is 3.96. The maximum absolute atomic E-state index is 14.8. The van der Waals surface area contributed by atoms with Gasteiger partial charge >= 0.3 is 0 Å². The van der Waals surface area contributed by atoms with E-state index in [-0.39, 0.29) is 5.91 Å². The van der Waals surface area contributed by atoms with E-state index >= 15 is 0 Å². The van der Waals surface area contributed by atoms with Gasteiger partial charge in [0.1, 0.15) is 11.5 Å². The van der Waals surface area contributed by atoms with Crippen molar-refractivity contribution >= 4 is 16.9 Å². The summed E-state index contributed by atoms with van der Waals surface area (Å²) < 4.78 is 33.9. The summed E-state index contributed by atoms with van der Waals surface area (Å²) in [5, 5.41) is 0.569. The van der Waals surface area contributed by atoms with E-state index in [1.807, 2.05) is 4.90 Å². The first-order chi connectivity index (χ1) is 16.5. The molecule has 0 aromatic carbocycles. The highest BCUT2D eigenvalue weighted by Gasteiger charge is 2.47. The van der Waals surface area contributed by atoms with Gasteiger partial charge in [0.15, 0.2) is 11.6 Å². The molecular formula is C25H27F2N5O2. The normalized spacial score (nSPS) is 26.5. The molecule has 178 valence electrons. The van der Waals surface area contributed by atoms with Crippen molar-refractivity contribution in [1.29, 1.82) is 0 Å². The summed E-state index contributed by atoms with van der Waals surface area (Å²) in [4.78, 5) is 30.5. The predicted octanol–water partition coefficient (Wildman–Crippen LogP) is 3.75. The summed E-state index contributed by atoms with van der Waals surface area (Å²) >= 11 is 0. The van der Waals surface area contributed by atoms with Gasteiger partial charge in [-0.25, -0.2) is 23.7 Å². The molecule has 1 N–H and O–H groups in total. The highest BCUT2D eigenvalue weighted by atomic mass is 19.1. The van der Waals surface area contributed by atoms with Crippen molar-refractivity contribution in [3.63, 3.8) is 0 Å². The summed E-state index contributed by atoms with van der Waals surface area (Å²) in [6.07, 6.45) is 8.38. The second kappa shape index (κ2) is 8.69. The van der Waals surface area contributed by atoms with Crippen LogP contribution in [0.2, 0.25) is 0 Å². The monoisotopic (exact) mass is 467 g/mol. The Bertz CT molecular complexity index is 1230. The minimum atomic E-state index is -0.449. The summed E-state index contributed by atoms with van der Waals surface area (Å²) in [5.74, 6) is 1.38. The third-order valence-corrected chi connectivity index (χ3v) is 7.90. The molecule has 1 aliphatic heterocycles. The van der Waals surface area contributed by atoms with E-state index in [0.29, 0.717) is 90.9 Å². The molecule has 3 aromatic rings. The molecule has 1 saturated heterocycles. The zero-order valence-corrected chi connectivity index (χ0v) is 18.8. The Kier molecular flexibility index (Phi) is 5.51. The van der Waals surface area contributed by atoms with Gasteiger partial charge in [-0.1, -0.05) is 0 Å². The van der Waals surface area contributed by atoms with Gasteiger partial charge in [-0.2, -0.15) is 0 Å². The molecule has 3 aliphatic rings. The van der Waals surface area contributed by atoms with E-state index in [0.717, 1.165) is 25.5 Å². The number of carbonyl (C=O) groups is 1. The third-order valence-electron chi connectivity index (χ3n) is 7.90. The van der Waals surface area contributed by atoms with Crippen molar-refractivity contribution in [2.24, 2.45) is 23.7 Å². The maximum Gasteiger partial charge on any atom is 0.223 e. The summed E-state index contributed by atoms with van der Waals surface area (Å²) in [5.41, 5.74) is 1.52. The van der Waals surface area contributed by atoms with Crippen LogP contribution >= 0.6 is 0 Å². The lowest BCUT2D eigenvalue weighted by Gasteiger charge is -2.32. The van der Waals surface area contributed by atoms with Gasteiger partial charge in [-0.3, -0.25) is 4.79 Å². The predicted molar refractivity (Wildman–Crippen MR) is 121 cm³/mol. The molecule has 1 amide bonds. The first-order valence-corrected chi connectivity index (χ1v) is 12.0. The number of hydrogen-bond donors (Lipinski definition) is 1. The van der Waals surface area contributed by atoms with Crippen LogP contribution in [-0.2, 0) is 16.0 Å². The van der Waals surface area contributed by atoms with Crippen LogP contribution in [0.25, 0.3) is 22.4 Å². The Morgan fingerprint density at radius 3 is 2.76 bits per heavy atom. The highest BCUT2D eigenvalue weighted by molar-refractivity contribution is 5.91. The number of aromatic amines is 1. The number of aromatic nitrogens is 4. The van der Waals surface area contributed by atoms with E-state index < -0.39 is 11.6 Å². The average molecular weight is 468 g/mol. The van der Waals surface area contributed by atoms with E-state index in [1.54, 1.807) is 6.20 Å². The van der Waals surface area contributed by atoms with Crippen LogP contribution in [0.15, 0.2) is 24.7 Å². The van der Waals surface area contributed by atoms with Crippen molar-refractivity contribution in [1.82, 2.24) is 24.8 Å². The number of halogens is 2. The molecule has 6 rings (SSSR count). The number of nitrogens with zero attached hydrogens (tertiary/aromatic N) is 4. The number of amides is 1. The second-order valence-electron chi connectivity index (χ2n) is 9.90. The van der Waals surface area contributed by atoms with Gasteiger partial charge in [-0.05, 0) is 55.4 Å². The lowest BCUT2D eigenvalue weighted by molar-refractivity contribution is -0.136. The lowest BCUT2D eigenvalue weighted by atomic mass is 9.76. The number of pyridine rings is 1. The van der Waals surface area contributed by atoms with E-state index in [4.69, 9.17) is 4.74 Å². The number of fused-ring (bicyclic) bond motifs is 3. The quantitative estimate of drug-likeness (QED) is 0.618. The van der Waals surface area contributed by atoms with Crippen LogP contribution in [0.5, 0.6) is 0 Å². The van der Waals surface area contributed by atoms with E-state index in [1.165, 1.54) is 12.3 Å². The van der Waals surface area contributed by atoms with Crippen molar-refractivity contribution in [2.45, 2.75) is 32.1 Å². The smallest absolute Gasteiger partial charge is 0.223 e. The molecule has 2 aliphatic carbocycles. The molecule has 4 unspecified atom stereocenters. The van der Waals surface area contributed by atoms with Crippen LogP contribution in [0, 0.1) is 35.3 Å². The Balaban J connectivity index is 1.19. The molecule has 0 spiro atoms. The van der Waals surface area contributed by atoms with Gasteiger partial charge in [-0.15, -0.1) is 0 Å². The SMILES string of the molecule is O=C(CC1CC2CC(Cc3nc(-c4c[nH]c5ncc(F)cc45)ncc3F)C1C2)N1CCOCC1. The number of ether oxygens (including phenoxy) is 1. The average Bonchev–Trinajstić information content (AvgIpc) is 3.55. The molecule has 2 saturated carbocycles. The van der Waals surface area contributed by atoms with Gasteiger partial charge in [0, 0.05) is 36.7 Å². The molecule has 2 bridgehead atoms. The van der Waals surface area contributed by atoms with Gasteiger partial charge < -0.3 is 14.6 Å². The molecule has 3 fully saturated rings. The first-order valence-electron chi connectivity index (χ1n) is 12.0. The van der Waals surface area contributed by atoms with Crippen LogP contribution in [0.3, 0.4) is 0 Å². The van der Waals surface area contributed by atoms with E-state index in [2.05, 4.69) is 19.9 Å². The number of carbonyl (C=O) groups excluding carboxylic acids is 1. The standard InChI is InChI=1S/C25H27F2N5O2/c26-17-10-19-20(12-29-24(19)28-11-17)25-30-13-21(27)22(31-25)8-15-5-14-6-16(18(15)7-14)9-23(33)32-1-3-34-4-2-32/h10-16,18H,1-9H2,(H,28,29). The molecule has 3 aromatic heterocycles. The summed E-state index contributed by atoms with van der Waals surface area (Å²) in [6, 6.07) is 1.38. The van der Waals surface area contributed by atoms with Gasteiger partial charge in [0.25, 0.3) is 0 Å². The van der Waals surface area contributed by atoms with Crippen molar-refractivity contribution < 1.29 is 18.3 Å². The fourth-order valence-corrected chi connectivity index (χ4v) is 6.37. The summed E-state index contributed by atoms with van der Waals surface area (Å²) in [7, 11) is 0. The van der Waals surface area contributed by atoms with Crippen LogP contribution in [-0.4, -0.2) is 57.0 Å². The molecule has 4 heterocycles. The van der Waals surface area contributed by atoms with Crippen LogP contribution < -0.4 is 0 Å². The number of nitrogens with one attached hydrogen (secondary N) is 1. The van der Waals surface area contributed by atoms with Crippen molar-refractivity contribution in [3.05, 3.63) is 42.0 Å². The number of morpholine rings is 1. The van der Waals surface area contributed by atoms with Crippen LogP contribution in [0.1, 0.15) is 31.4 Å². The maximum atomic E-state index is 14.8. The summed E-state index contributed by atoms with van der Waals surface area (Å²) in [6.45, 7) is 2.57.